The topological polar surface area (TPSA) is 54.0 Å². The molecule has 2 aromatic rings. The second kappa shape index (κ2) is 8.24. The lowest BCUT2D eigenvalue weighted by molar-refractivity contribution is -0.138. The quantitative estimate of drug-likeness (QED) is 0.594. The van der Waals surface area contributed by atoms with E-state index in [2.05, 4.69) is 0 Å². The Morgan fingerprint density at radius 3 is 2.76 bits per heavy atom. The van der Waals surface area contributed by atoms with E-state index in [1.165, 1.54) is 6.08 Å². The minimum Gasteiger partial charge on any atom is -0.493 e. The Kier molecular flexibility index (Phi) is 5.57. The Balaban J connectivity index is 1.58. The summed E-state index contributed by atoms with van der Waals surface area (Å²) in [5.41, 5.74) is 1.68. The second-order valence-electron chi connectivity index (χ2n) is 5.38. The number of fused-ring (bicyclic) bond motifs is 1. The van der Waals surface area contributed by atoms with Crippen LogP contribution in [0, 0.1) is 0 Å². The van der Waals surface area contributed by atoms with Gasteiger partial charge < -0.3 is 18.9 Å². The monoisotopic (exact) mass is 340 g/mol. The predicted molar refractivity (Wildman–Crippen MR) is 93.9 cm³/mol. The van der Waals surface area contributed by atoms with Gasteiger partial charge >= 0.3 is 5.97 Å². The number of ether oxygens (including phenoxy) is 4. The van der Waals surface area contributed by atoms with Gasteiger partial charge in [0.05, 0.1) is 6.61 Å². The highest BCUT2D eigenvalue weighted by molar-refractivity contribution is 5.87. The molecular weight excluding hydrogens is 320 g/mol. The molecule has 1 heterocycles. The van der Waals surface area contributed by atoms with Crippen LogP contribution in [0.2, 0.25) is 0 Å². The number of carbonyl (C=O) groups excluding carboxylic acids is 1. The molecule has 0 aromatic heterocycles. The molecule has 0 aliphatic carbocycles. The molecule has 0 unspecified atom stereocenters. The van der Waals surface area contributed by atoms with Gasteiger partial charge in [-0.25, -0.2) is 4.79 Å². The average Bonchev–Trinajstić information content (AvgIpc) is 2.66. The van der Waals surface area contributed by atoms with Crippen molar-refractivity contribution in [2.75, 3.05) is 19.8 Å². The largest absolute Gasteiger partial charge is 0.493 e. The van der Waals surface area contributed by atoms with Gasteiger partial charge in [-0.2, -0.15) is 0 Å². The molecule has 2 aromatic carbocycles. The van der Waals surface area contributed by atoms with Crippen LogP contribution in [0.5, 0.6) is 17.2 Å². The molecule has 1 aliphatic rings. The maximum atomic E-state index is 11.9. The van der Waals surface area contributed by atoms with Crippen molar-refractivity contribution in [2.24, 2.45) is 0 Å². The van der Waals surface area contributed by atoms with Crippen molar-refractivity contribution >= 4 is 12.0 Å². The van der Waals surface area contributed by atoms with Crippen LogP contribution < -0.4 is 14.2 Å². The van der Waals surface area contributed by atoms with Crippen molar-refractivity contribution in [1.29, 1.82) is 0 Å². The van der Waals surface area contributed by atoms with E-state index in [1.54, 1.807) is 6.08 Å². The highest BCUT2D eigenvalue weighted by atomic mass is 16.6. The molecule has 3 rings (SSSR count). The van der Waals surface area contributed by atoms with Crippen LogP contribution >= 0.6 is 0 Å². The van der Waals surface area contributed by atoms with Crippen molar-refractivity contribution in [3.63, 3.8) is 0 Å². The third-order valence-electron chi connectivity index (χ3n) is 3.62. The van der Waals surface area contributed by atoms with Crippen molar-refractivity contribution in [1.82, 2.24) is 0 Å². The van der Waals surface area contributed by atoms with Crippen molar-refractivity contribution in [3.8, 4) is 17.2 Å². The summed E-state index contributed by atoms with van der Waals surface area (Å²) in [6.07, 6.45) is 3.09. The van der Waals surface area contributed by atoms with E-state index in [1.807, 2.05) is 49.4 Å². The van der Waals surface area contributed by atoms with Crippen molar-refractivity contribution < 1.29 is 23.7 Å². The maximum absolute atomic E-state index is 11.9. The molecule has 25 heavy (non-hydrogen) atoms. The number of para-hydroxylation sites is 1. The molecular formula is C20H20O5. The number of rotatable bonds is 6. The summed E-state index contributed by atoms with van der Waals surface area (Å²) in [6.45, 7) is 3.73. The van der Waals surface area contributed by atoms with Crippen LogP contribution in [-0.2, 0) is 16.1 Å². The summed E-state index contributed by atoms with van der Waals surface area (Å²) in [6, 6.07) is 13.0. The fraction of sp³-hybridized carbons (Fsp3) is 0.250. The first-order valence-electron chi connectivity index (χ1n) is 8.21. The zero-order valence-corrected chi connectivity index (χ0v) is 14.1. The molecule has 130 valence electrons. The Hall–Kier alpha value is -2.95. The summed E-state index contributed by atoms with van der Waals surface area (Å²) in [4.78, 5) is 11.9. The van der Waals surface area contributed by atoms with Gasteiger partial charge in [-0.3, -0.25) is 0 Å². The molecule has 0 radical (unpaired) electrons. The molecule has 0 fully saturated rings. The van der Waals surface area contributed by atoms with Gasteiger partial charge in [-0.05, 0) is 36.8 Å². The summed E-state index contributed by atoms with van der Waals surface area (Å²) in [5, 5.41) is 0. The standard InChI is InChI=1S/C20H20O5/c1-2-22-17-6-4-3-5-16(17)14-25-20(21)10-8-15-7-9-18-19(13-15)24-12-11-23-18/h3-10,13H,2,11-12,14H2,1H3/b10-8+. The summed E-state index contributed by atoms with van der Waals surface area (Å²) in [5.74, 6) is 1.72. The zero-order chi connectivity index (χ0) is 17.5. The fourth-order valence-electron chi connectivity index (χ4n) is 2.44. The van der Waals surface area contributed by atoms with Crippen LogP contribution in [0.4, 0.5) is 0 Å². The van der Waals surface area contributed by atoms with E-state index in [0.717, 1.165) is 22.6 Å². The van der Waals surface area contributed by atoms with Crippen molar-refractivity contribution in [3.05, 3.63) is 59.7 Å². The first-order chi connectivity index (χ1) is 12.3. The zero-order valence-electron chi connectivity index (χ0n) is 14.1. The Bertz CT molecular complexity index is 766. The van der Waals surface area contributed by atoms with E-state index < -0.39 is 5.97 Å². The molecule has 0 saturated heterocycles. The molecule has 0 spiro atoms. The molecule has 0 atom stereocenters. The van der Waals surface area contributed by atoms with E-state index in [9.17, 15) is 4.79 Å². The fourth-order valence-corrected chi connectivity index (χ4v) is 2.44. The van der Waals surface area contributed by atoms with E-state index in [-0.39, 0.29) is 6.61 Å². The summed E-state index contributed by atoms with van der Waals surface area (Å²) >= 11 is 0. The van der Waals surface area contributed by atoms with Crippen LogP contribution in [0.1, 0.15) is 18.1 Å². The molecule has 0 saturated carbocycles. The first-order valence-corrected chi connectivity index (χ1v) is 8.21. The molecule has 5 nitrogen and oxygen atoms in total. The maximum Gasteiger partial charge on any atom is 0.331 e. The number of carbonyl (C=O) groups is 1. The van der Waals surface area contributed by atoms with Crippen LogP contribution in [0.25, 0.3) is 6.08 Å². The van der Waals surface area contributed by atoms with Gasteiger partial charge in [-0.1, -0.05) is 24.3 Å². The minimum atomic E-state index is -0.416. The second-order valence-corrected chi connectivity index (χ2v) is 5.38. The first kappa shape index (κ1) is 16.9. The molecule has 1 aliphatic heterocycles. The summed E-state index contributed by atoms with van der Waals surface area (Å²) < 4.78 is 21.8. The summed E-state index contributed by atoms with van der Waals surface area (Å²) in [7, 11) is 0. The van der Waals surface area contributed by atoms with Gasteiger partial charge in [0, 0.05) is 11.6 Å². The van der Waals surface area contributed by atoms with Crippen molar-refractivity contribution in [2.45, 2.75) is 13.5 Å². The third-order valence-corrected chi connectivity index (χ3v) is 3.62. The predicted octanol–water partition coefficient (Wildman–Crippen LogP) is 3.61. The Morgan fingerprint density at radius 1 is 1.12 bits per heavy atom. The van der Waals surface area contributed by atoms with E-state index >= 15 is 0 Å². The van der Waals surface area contributed by atoms with Gasteiger partial charge in [0.1, 0.15) is 25.6 Å². The molecule has 5 heteroatoms. The van der Waals surface area contributed by atoms with Crippen LogP contribution in [-0.4, -0.2) is 25.8 Å². The minimum absolute atomic E-state index is 0.167. The van der Waals surface area contributed by atoms with Gasteiger partial charge in [0.2, 0.25) is 0 Å². The Morgan fingerprint density at radius 2 is 1.92 bits per heavy atom. The number of esters is 1. The van der Waals surface area contributed by atoms with Gasteiger partial charge in [0.15, 0.2) is 11.5 Å². The third kappa shape index (κ3) is 4.53. The van der Waals surface area contributed by atoms with E-state index in [0.29, 0.717) is 25.6 Å². The average molecular weight is 340 g/mol. The Labute approximate surface area is 146 Å². The highest BCUT2D eigenvalue weighted by Crippen LogP contribution is 2.31. The number of hydrogen-bond donors (Lipinski definition) is 0. The SMILES string of the molecule is CCOc1ccccc1COC(=O)/C=C/c1ccc2c(c1)OCCO2. The van der Waals surface area contributed by atoms with Crippen LogP contribution in [0.3, 0.4) is 0 Å². The smallest absolute Gasteiger partial charge is 0.331 e. The number of hydrogen-bond acceptors (Lipinski definition) is 5. The lowest BCUT2D eigenvalue weighted by atomic mass is 10.2. The van der Waals surface area contributed by atoms with Gasteiger partial charge in [-0.15, -0.1) is 0 Å². The van der Waals surface area contributed by atoms with E-state index in [4.69, 9.17) is 18.9 Å². The highest BCUT2D eigenvalue weighted by Gasteiger charge is 2.11. The molecule has 0 amide bonds. The van der Waals surface area contributed by atoms with Crippen LogP contribution in [0.15, 0.2) is 48.5 Å². The normalized spacial score (nSPS) is 12.8. The van der Waals surface area contributed by atoms with Gasteiger partial charge in [0.25, 0.3) is 0 Å². The molecule has 0 bridgehead atoms. The molecule has 0 N–H and O–H groups in total. The number of benzene rings is 2. The lowest BCUT2D eigenvalue weighted by Gasteiger charge is -2.18. The lowest BCUT2D eigenvalue weighted by Crippen LogP contribution is -2.15.